The number of primary amides is 2. The first-order valence-electron chi connectivity index (χ1n) is 2.36. The quantitative estimate of drug-likeness (QED) is 0.446. The Kier molecular flexibility index (Phi) is 3.97. The van der Waals surface area contributed by atoms with Gasteiger partial charge < -0.3 is 16.2 Å². The first-order chi connectivity index (χ1) is 3.73. The summed E-state index contributed by atoms with van der Waals surface area (Å²) in [5.74, 6) is 0. The minimum atomic E-state index is -0.833. The maximum Gasteiger partial charge on any atom is 0.309 e. The van der Waals surface area contributed by atoms with Crippen molar-refractivity contribution in [3.63, 3.8) is 0 Å². The smallest absolute Gasteiger partial charge is 0.309 e. The molecule has 4 nitrogen and oxygen atoms in total. The Morgan fingerprint density at radius 1 is 1.38 bits per heavy atom. The van der Waals surface area contributed by atoms with Crippen molar-refractivity contribution in [3.05, 3.63) is 0 Å². The SMILES string of the molecule is C1COC1.NC(N)=O. The number of carbonyl (C=O) groups excluding carboxylic acids is 1. The van der Waals surface area contributed by atoms with E-state index in [1.807, 2.05) is 0 Å². The van der Waals surface area contributed by atoms with Crippen LogP contribution >= 0.6 is 0 Å². The Bertz CT molecular complexity index is 62.4. The summed E-state index contributed by atoms with van der Waals surface area (Å²) in [5, 5.41) is 0. The van der Waals surface area contributed by atoms with Gasteiger partial charge in [-0.1, -0.05) is 0 Å². The van der Waals surface area contributed by atoms with E-state index in [1.165, 1.54) is 6.42 Å². The Labute approximate surface area is 47.8 Å². The van der Waals surface area contributed by atoms with E-state index in [2.05, 4.69) is 11.5 Å². The molecule has 0 unspecified atom stereocenters. The lowest BCUT2D eigenvalue weighted by Crippen LogP contribution is -2.18. The van der Waals surface area contributed by atoms with E-state index in [0.717, 1.165) is 13.2 Å². The first kappa shape index (κ1) is 7.23. The van der Waals surface area contributed by atoms with Crippen molar-refractivity contribution in [2.75, 3.05) is 13.2 Å². The molecule has 0 bridgehead atoms. The molecule has 0 aromatic carbocycles. The van der Waals surface area contributed by atoms with Gasteiger partial charge in [-0.25, -0.2) is 4.79 Å². The van der Waals surface area contributed by atoms with E-state index in [-0.39, 0.29) is 0 Å². The van der Waals surface area contributed by atoms with Crippen LogP contribution in [0.2, 0.25) is 0 Å². The molecule has 0 atom stereocenters. The highest BCUT2D eigenvalue weighted by Crippen LogP contribution is 1.93. The molecule has 0 aliphatic carbocycles. The molecule has 0 spiro atoms. The average molecular weight is 118 g/mol. The van der Waals surface area contributed by atoms with Gasteiger partial charge in [-0.15, -0.1) is 0 Å². The van der Waals surface area contributed by atoms with E-state index in [4.69, 9.17) is 9.53 Å². The Morgan fingerprint density at radius 2 is 1.50 bits per heavy atom. The van der Waals surface area contributed by atoms with Crippen molar-refractivity contribution in [1.29, 1.82) is 0 Å². The topological polar surface area (TPSA) is 78.3 Å². The van der Waals surface area contributed by atoms with E-state index < -0.39 is 6.03 Å². The van der Waals surface area contributed by atoms with Crippen LogP contribution in [-0.4, -0.2) is 19.2 Å². The van der Waals surface area contributed by atoms with Gasteiger partial charge in [-0.05, 0) is 6.42 Å². The third-order valence-electron chi connectivity index (χ3n) is 0.577. The van der Waals surface area contributed by atoms with E-state index in [1.54, 1.807) is 0 Å². The fourth-order valence-electron chi connectivity index (χ4n) is 0.144. The lowest BCUT2D eigenvalue weighted by molar-refractivity contribution is 0.0367. The maximum absolute atomic E-state index is 9.00. The molecule has 48 valence electrons. The van der Waals surface area contributed by atoms with Crippen molar-refractivity contribution in [2.45, 2.75) is 6.42 Å². The number of amides is 2. The van der Waals surface area contributed by atoms with Gasteiger partial charge in [0.25, 0.3) is 0 Å². The summed E-state index contributed by atoms with van der Waals surface area (Å²) in [4.78, 5) is 9.00. The largest absolute Gasteiger partial charge is 0.381 e. The molecule has 8 heavy (non-hydrogen) atoms. The predicted molar refractivity (Wildman–Crippen MR) is 29.2 cm³/mol. The molecule has 1 saturated heterocycles. The fraction of sp³-hybridized carbons (Fsp3) is 0.750. The number of nitrogens with two attached hydrogens (primary N) is 2. The second-order valence-electron chi connectivity index (χ2n) is 1.37. The summed E-state index contributed by atoms with van der Waals surface area (Å²) in [6.45, 7) is 2.00. The molecule has 1 aliphatic rings. The van der Waals surface area contributed by atoms with Gasteiger partial charge in [0.05, 0.1) is 0 Å². The number of carbonyl (C=O) groups is 1. The third kappa shape index (κ3) is 8.97. The van der Waals surface area contributed by atoms with Gasteiger partial charge >= 0.3 is 6.03 Å². The van der Waals surface area contributed by atoms with Gasteiger partial charge in [0.1, 0.15) is 0 Å². The molecule has 4 N–H and O–H groups in total. The normalized spacial score (nSPS) is 15.0. The summed E-state index contributed by atoms with van der Waals surface area (Å²) in [5.41, 5.74) is 8.50. The summed E-state index contributed by atoms with van der Waals surface area (Å²) in [6, 6.07) is -0.833. The van der Waals surface area contributed by atoms with E-state index in [9.17, 15) is 0 Å². The lowest BCUT2D eigenvalue weighted by atomic mass is 10.4. The van der Waals surface area contributed by atoms with Gasteiger partial charge in [-0.2, -0.15) is 0 Å². The maximum atomic E-state index is 9.00. The zero-order valence-corrected chi connectivity index (χ0v) is 4.59. The van der Waals surface area contributed by atoms with E-state index >= 15 is 0 Å². The van der Waals surface area contributed by atoms with Crippen LogP contribution < -0.4 is 11.5 Å². The van der Waals surface area contributed by atoms with E-state index in [0.29, 0.717) is 0 Å². The number of ether oxygens (including phenoxy) is 1. The summed E-state index contributed by atoms with van der Waals surface area (Å²) < 4.78 is 4.72. The standard InChI is InChI=1S/C3H6O.CH4N2O/c1-2-4-3-1;2-1(3)4/h1-3H2;(H4,2,3,4). The fourth-order valence-corrected chi connectivity index (χ4v) is 0.144. The first-order valence-corrected chi connectivity index (χ1v) is 2.36. The number of hydrogen-bond donors (Lipinski definition) is 2. The molecule has 1 rings (SSSR count). The number of urea groups is 1. The van der Waals surface area contributed by atoms with Crippen LogP contribution in [0.5, 0.6) is 0 Å². The van der Waals surface area contributed by atoms with Crippen molar-refractivity contribution >= 4 is 6.03 Å². The Morgan fingerprint density at radius 3 is 1.50 bits per heavy atom. The minimum absolute atomic E-state index is 0.833. The summed E-state index contributed by atoms with van der Waals surface area (Å²) >= 11 is 0. The minimum Gasteiger partial charge on any atom is -0.381 e. The van der Waals surface area contributed by atoms with Crippen LogP contribution in [0.1, 0.15) is 6.42 Å². The highest BCUT2D eigenvalue weighted by molar-refractivity contribution is 5.69. The van der Waals surface area contributed by atoms with Crippen molar-refractivity contribution < 1.29 is 9.53 Å². The van der Waals surface area contributed by atoms with Gasteiger partial charge in [-0.3, -0.25) is 0 Å². The second-order valence-corrected chi connectivity index (χ2v) is 1.37. The summed E-state index contributed by atoms with van der Waals surface area (Å²) in [6.07, 6.45) is 1.28. The Balaban J connectivity index is 0.000000122. The van der Waals surface area contributed by atoms with Crippen molar-refractivity contribution in [1.82, 2.24) is 0 Å². The lowest BCUT2D eigenvalue weighted by Gasteiger charge is -2.09. The molecular formula is C4H10N2O2. The zero-order valence-electron chi connectivity index (χ0n) is 4.59. The predicted octanol–water partition coefficient (Wildman–Crippen LogP) is -0.569. The molecule has 0 saturated carbocycles. The van der Waals surface area contributed by atoms with Crippen LogP contribution in [0.25, 0.3) is 0 Å². The monoisotopic (exact) mass is 118 g/mol. The second kappa shape index (κ2) is 4.39. The highest BCUT2D eigenvalue weighted by Gasteiger charge is 1.94. The highest BCUT2D eigenvalue weighted by atomic mass is 16.5. The zero-order chi connectivity index (χ0) is 6.41. The summed E-state index contributed by atoms with van der Waals surface area (Å²) in [7, 11) is 0. The average Bonchev–Trinajstić information content (AvgIpc) is 1.19. The number of hydrogen-bond acceptors (Lipinski definition) is 2. The van der Waals surface area contributed by atoms with Crippen LogP contribution in [0, 0.1) is 0 Å². The Hall–Kier alpha value is -0.770. The molecule has 1 fully saturated rings. The van der Waals surface area contributed by atoms with Gasteiger partial charge in [0, 0.05) is 13.2 Å². The van der Waals surface area contributed by atoms with Crippen molar-refractivity contribution in [2.24, 2.45) is 11.5 Å². The molecule has 0 aromatic rings. The van der Waals surface area contributed by atoms with Gasteiger partial charge in [0.15, 0.2) is 0 Å². The van der Waals surface area contributed by atoms with Crippen LogP contribution in [-0.2, 0) is 4.74 Å². The molecule has 0 aromatic heterocycles. The van der Waals surface area contributed by atoms with Crippen LogP contribution in [0.4, 0.5) is 4.79 Å². The van der Waals surface area contributed by atoms with Crippen molar-refractivity contribution in [3.8, 4) is 0 Å². The molecular weight excluding hydrogens is 108 g/mol. The molecule has 1 heterocycles. The van der Waals surface area contributed by atoms with Crippen LogP contribution in [0.15, 0.2) is 0 Å². The number of rotatable bonds is 0. The molecule has 0 radical (unpaired) electrons. The molecule has 2 amide bonds. The third-order valence-corrected chi connectivity index (χ3v) is 0.577. The molecule has 1 aliphatic heterocycles. The van der Waals surface area contributed by atoms with Gasteiger partial charge in [0.2, 0.25) is 0 Å². The van der Waals surface area contributed by atoms with Crippen LogP contribution in [0.3, 0.4) is 0 Å². The molecule has 4 heteroatoms.